The summed E-state index contributed by atoms with van der Waals surface area (Å²) in [7, 11) is 0. The number of carbonyl (C=O) groups excluding carboxylic acids is 1. The lowest BCUT2D eigenvalue weighted by Gasteiger charge is -2.33. The number of nitrogen functional groups attached to an aromatic ring is 1. The molecule has 0 saturated carbocycles. The Kier molecular flexibility index (Phi) is 6.44. The number of nitrogens with zero attached hydrogens (tertiary/aromatic N) is 4. The van der Waals surface area contributed by atoms with Gasteiger partial charge in [-0.3, -0.25) is 4.98 Å². The first kappa shape index (κ1) is 24.5. The Hall–Kier alpha value is -3.62. The Labute approximate surface area is 204 Å². The van der Waals surface area contributed by atoms with E-state index in [4.69, 9.17) is 16.2 Å². The van der Waals surface area contributed by atoms with Crippen molar-refractivity contribution in [2.24, 2.45) is 11.7 Å². The van der Waals surface area contributed by atoms with Crippen molar-refractivity contribution in [2.45, 2.75) is 53.1 Å². The van der Waals surface area contributed by atoms with Crippen LogP contribution in [0.4, 0.5) is 14.9 Å². The van der Waals surface area contributed by atoms with Gasteiger partial charge in [0.15, 0.2) is 5.65 Å². The van der Waals surface area contributed by atoms with Gasteiger partial charge in [0.25, 0.3) is 0 Å². The SMILES string of the molecule is Cc1cn2cc(-c3cc(N)c(/C=C(\N)C4CCN(C(=O)OC(C)(C)C)CC4)c(F)c3)nc2c(C)n1. The molecule has 186 valence electrons. The van der Waals surface area contributed by atoms with E-state index in [0.717, 1.165) is 17.0 Å². The fourth-order valence-corrected chi connectivity index (χ4v) is 4.39. The number of fused-ring (bicyclic) bond motifs is 1. The maximum atomic E-state index is 15.2. The standard InChI is InChI=1S/C26H33FN6O2/c1-15-13-33-14-23(31-24(33)16(2)30-15)18-10-20(27)19(22(29)11-18)12-21(28)17-6-8-32(9-7-17)25(34)35-26(3,4)5/h10-14,17H,6-9,28-29H2,1-5H3/b21-12-. The van der Waals surface area contributed by atoms with Gasteiger partial charge in [0, 0.05) is 53.9 Å². The van der Waals surface area contributed by atoms with Crippen LogP contribution in [0.2, 0.25) is 0 Å². The number of rotatable bonds is 3. The van der Waals surface area contributed by atoms with Crippen molar-refractivity contribution in [2.75, 3.05) is 18.8 Å². The number of hydrogen-bond donors (Lipinski definition) is 2. The van der Waals surface area contributed by atoms with Crippen LogP contribution >= 0.6 is 0 Å². The second-order valence-electron chi connectivity index (χ2n) is 10.2. The predicted molar refractivity (Wildman–Crippen MR) is 135 cm³/mol. The zero-order valence-corrected chi connectivity index (χ0v) is 20.9. The molecule has 1 aliphatic heterocycles. The third kappa shape index (κ3) is 5.39. The lowest BCUT2D eigenvalue weighted by Crippen LogP contribution is -2.42. The summed E-state index contributed by atoms with van der Waals surface area (Å²) in [5.74, 6) is -0.429. The van der Waals surface area contributed by atoms with Crippen molar-refractivity contribution in [1.82, 2.24) is 19.3 Å². The fraction of sp³-hybridized carbons (Fsp3) is 0.423. The molecule has 1 aliphatic rings. The first-order valence-corrected chi connectivity index (χ1v) is 11.8. The Morgan fingerprint density at radius 1 is 1.17 bits per heavy atom. The summed E-state index contributed by atoms with van der Waals surface area (Å²) in [6.07, 6.45) is 6.36. The van der Waals surface area contributed by atoms with Crippen LogP contribution in [-0.4, -0.2) is 44.1 Å². The molecule has 1 saturated heterocycles. The number of aryl methyl sites for hydroxylation is 2. The highest BCUT2D eigenvalue weighted by atomic mass is 19.1. The van der Waals surface area contributed by atoms with Crippen molar-refractivity contribution in [3.63, 3.8) is 0 Å². The lowest BCUT2D eigenvalue weighted by molar-refractivity contribution is 0.0194. The van der Waals surface area contributed by atoms with E-state index in [2.05, 4.69) is 9.97 Å². The minimum Gasteiger partial charge on any atom is -0.444 e. The van der Waals surface area contributed by atoms with Gasteiger partial charge in [0.2, 0.25) is 0 Å². The molecule has 8 nitrogen and oxygen atoms in total. The van der Waals surface area contributed by atoms with Gasteiger partial charge in [-0.2, -0.15) is 0 Å². The van der Waals surface area contributed by atoms with Gasteiger partial charge >= 0.3 is 6.09 Å². The molecule has 4 N–H and O–H groups in total. The number of anilines is 1. The van der Waals surface area contributed by atoms with Crippen LogP contribution in [0.3, 0.4) is 0 Å². The minimum atomic E-state index is -0.536. The van der Waals surface area contributed by atoms with Crippen LogP contribution < -0.4 is 11.5 Å². The highest BCUT2D eigenvalue weighted by molar-refractivity contribution is 5.75. The third-order valence-corrected chi connectivity index (χ3v) is 6.11. The molecule has 0 atom stereocenters. The Morgan fingerprint density at radius 2 is 1.86 bits per heavy atom. The molecule has 3 aromatic rings. The molecule has 3 heterocycles. The Bertz CT molecular complexity index is 1280. The molecule has 9 heteroatoms. The first-order valence-electron chi connectivity index (χ1n) is 11.8. The zero-order valence-electron chi connectivity index (χ0n) is 20.9. The van der Waals surface area contributed by atoms with E-state index in [9.17, 15) is 4.79 Å². The number of benzene rings is 1. The van der Waals surface area contributed by atoms with Gasteiger partial charge in [0.05, 0.1) is 17.1 Å². The molecule has 0 spiro atoms. The minimum absolute atomic E-state index is 0.0318. The topological polar surface area (TPSA) is 112 Å². The van der Waals surface area contributed by atoms with E-state index >= 15 is 4.39 Å². The molecule has 1 aromatic carbocycles. The number of imidazole rings is 1. The van der Waals surface area contributed by atoms with E-state index < -0.39 is 11.4 Å². The molecule has 35 heavy (non-hydrogen) atoms. The van der Waals surface area contributed by atoms with Crippen molar-refractivity contribution < 1.29 is 13.9 Å². The number of halogens is 1. The third-order valence-electron chi connectivity index (χ3n) is 6.11. The van der Waals surface area contributed by atoms with E-state index in [1.54, 1.807) is 17.0 Å². The Balaban J connectivity index is 1.51. The first-order chi connectivity index (χ1) is 16.4. The average molecular weight is 481 g/mol. The van der Waals surface area contributed by atoms with Gasteiger partial charge in [-0.15, -0.1) is 0 Å². The van der Waals surface area contributed by atoms with Crippen molar-refractivity contribution in [3.05, 3.63) is 53.0 Å². The summed E-state index contributed by atoms with van der Waals surface area (Å²) in [5.41, 5.74) is 16.8. The number of nitrogens with two attached hydrogens (primary N) is 2. The summed E-state index contributed by atoms with van der Waals surface area (Å²) >= 11 is 0. The number of ether oxygens (including phenoxy) is 1. The van der Waals surface area contributed by atoms with Gasteiger partial charge < -0.3 is 25.5 Å². The molecule has 0 aliphatic carbocycles. The summed E-state index contributed by atoms with van der Waals surface area (Å²) in [4.78, 5) is 23.0. The fourth-order valence-electron chi connectivity index (χ4n) is 4.39. The van der Waals surface area contributed by atoms with Gasteiger partial charge in [-0.1, -0.05) is 0 Å². The second-order valence-corrected chi connectivity index (χ2v) is 10.2. The average Bonchev–Trinajstić information content (AvgIpc) is 3.19. The second kappa shape index (κ2) is 9.20. The molecule has 0 radical (unpaired) electrons. The van der Waals surface area contributed by atoms with E-state index in [0.29, 0.717) is 42.9 Å². The van der Waals surface area contributed by atoms with Crippen LogP contribution in [0.15, 0.2) is 30.2 Å². The quantitative estimate of drug-likeness (QED) is 0.527. The van der Waals surface area contributed by atoms with Crippen molar-refractivity contribution in [3.8, 4) is 11.3 Å². The number of piperidine rings is 1. The van der Waals surface area contributed by atoms with Crippen LogP contribution in [0.5, 0.6) is 0 Å². The lowest BCUT2D eigenvalue weighted by atomic mass is 9.92. The Morgan fingerprint density at radius 3 is 2.49 bits per heavy atom. The van der Waals surface area contributed by atoms with Gasteiger partial charge in [-0.25, -0.2) is 14.2 Å². The maximum absolute atomic E-state index is 15.2. The highest BCUT2D eigenvalue weighted by Gasteiger charge is 2.28. The molecule has 1 fully saturated rings. The molecule has 1 amide bonds. The van der Waals surface area contributed by atoms with E-state index in [-0.39, 0.29) is 23.3 Å². The van der Waals surface area contributed by atoms with E-state index in [1.165, 1.54) is 6.07 Å². The van der Waals surface area contributed by atoms with Crippen molar-refractivity contribution >= 4 is 23.5 Å². The summed E-state index contributed by atoms with van der Waals surface area (Å²) in [6.45, 7) is 10.4. The molecule has 0 bridgehead atoms. The number of allylic oxidation sites excluding steroid dienone is 1. The number of carbonyl (C=O) groups is 1. The summed E-state index contributed by atoms with van der Waals surface area (Å²) in [5, 5.41) is 0. The van der Waals surface area contributed by atoms with Crippen LogP contribution in [0.1, 0.15) is 50.6 Å². The van der Waals surface area contributed by atoms with Crippen LogP contribution in [-0.2, 0) is 4.74 Å². The zero-order chi connectivity index (χ0) is 25.5. The molecular weight excluding hydrogens is 447 g/mol. The molecule has 2 aromatic heterocycles. The highest BCUT2D eigenvalue weighted by Crippen LogP contribution is 2.30. The summed E-state index contributed by atoms with van der Waals surface area (Å²) in [6, 6.07) is 3.14. The number of likely N-dealkylation sites (tertiary alicyclic amines) is 1. The number of aromatic nitrogens is 3. The van der Waals surface area contributed by atoms with Crippen LogP contribution in [0.25, 0.3) is 23.0 Å². The molecular formula is C26H33FN6O2. The van der Waals surface area contributed by atoms with E-state index in [1.807, 2.05) is 51.4 Å². The van der Waals surface area contributed by atoms with Gasteiger partial charge in [0.1, 0.15) is 11.4 Å². The predicted octanol–water partition coefficient (Wildman–Crippen LogP) is 4.68. The summed E-state index contributed by atoms with van der Waals surface area (Å²) < 4.78 is 22.5. The molecule has 0 unspecified atom stereocenters. The normalized spacial score (nSPS) is 15.6. The number of hydrogen-bond acceptors (Lipinski definition) is 6. The number of amides is 1. The monoisotopic (exact) mass is 480 g/mol. The molecule has 4 rings (SSSR count). The smallest absolute Gasteiger partial charge is 0.410 e. The maximum Gasteiger partial charge on any atom is 0.410 e. The van der Waals surface area contributed by atoms with Crippen molar-refractivity contribution in [1.29, 1.82) is 0 Å². The van der Waals surface area contributed by atoms with Crippen LogP contribution in [0, 0.1) is 25.6 Å². The van der Waals surface area contributed by atoms with Gasteiger partial charge in [-0.05, 0) is 65.7 Å². The largest absolute Gasteiger partial charge is 0.444 e.